The number of carbonyl (C=O) groups excluding carboxylic acids is 2. The third kappa shape index (κ3) is 7.85. The molecular formula is C25H28N4O9. The molecule has 38 heavy (non-hydrogen) atoms. The normalized spacial score (nSPS) is 13.9. The Morgan fingerprint density at radius 2 is 1.76 bits per heavy atom. The summed E-state index contributed by atoms with van der Waals surface area (Å²) in [6.07, 6.45) is 0.441. The fraction of sp³-hybridized carbons (Fsp3) is 0.320. The molecule has 1 heterocycles. The average Bonchev–Trinajstić information content (AvgIpc) is 2.84. The van der Waals surface area contributed by atoms with Crippen LogP contribution in [0, 0.1) is 0 Å². The van der Waals surface area contributed by atoms with Gasteiger partial charge in [-0.2, -0.15) is 0 Å². The van der Waals surface area contributed by atoms with E-state index in [4.69, 9.17) is 35.9 Å². The lowest BCUT2D eigenvalue weighted by Gasteiger charge is -2.18. The van der Waals surface area contributed by atoms with Crippen LogP contribution in [0.1, 0.15) is 41.6 Å². The van der Waals surface area contributed by atoms with E-state index >= 15 is 0 Å². The number of aliphatic carboxylic acids is 2. The topological polar surface area (TPSA) is 213 Å². The van der Waals surface area contributed by atoms with Crippen molar-refractivity contribution in [3.05, 3.63) is 47.5 Å². The van der Waals surface area contributed by atoms with Crippen LogP contribution in [0.25, 0.3) is 0 Å². The van der Waals surface area contributed by atoms with Crippen molar-refractivity contribution < 1.29 is 43.6 Å². The second-order valence-corrected chi connectivity index (χ2v) is 8.31. The van der Waals surface area contributed by atoms with Crippen molar-refractivity contribution in [1.29, 1.82) is 0 Å². The van der Waals surface area contributed by atoms with Crippen molar-refractivity contribution in [3.8, 4) is 17.2 Å². The summed E-state index contributed by atoms with van der Waals surface area (Å²) < 4.78 is 17.3. The Morgan fingerprint density at radius 3 is 2.45 bits per heavy atom. The largest absolute Gasteiger partial charge is 0.493 e. The first-order valence-electron chi connectivity index (χ1n) is 11.7. The van der Waals surface area contributed by atoms with E-state index in [2.05, 4.69) is 10.3 Å². The maximum absolute atomic E-state index is 13.1. The molecule has 0 aliphatic carbocycles. The van der Waals surface area contributed by atoms with E-state index in [0.29, 0.717) is 30.7 Å². The van der Waals surface area contributed by atoms with Gasteiger partial charge in [0.1, 0.15) is 17.4 Å². The number of benzene rings is 2. The van der Waals surface area contributed by atoms with Crippen LogP contribution in [0.4, 0.5) is 5.69 Å². The number of carboxylic acids is 2. The standard InChI is InChI=1S/C25H28N4O9/c26-25(27)28-15-7-8-16-19(12-15)36-10-1-2-11-37-22-14(4-3-5-18(22)38-24(16)35)6-9-20(30)29-17(23(33)34)13-21(31)32/h3-5,7-8,12,17H,1-2,6,9-11,13H2,(H,29,30)(H,31,32)(H,33,34)(H4,26,27,28)/t17-/m0/s1. The molecule has 2 aromatic rings. The van der Waals surface area contributed by atoms with Gasteiger partial charge in [0.15, 0.2) is 17.5 Å². The van der Waals surface area contributed by atoms with E-state index in [0.717, 1.165) is 0 Å². The summed E-state index contributed by atoms with van der Waals surface area (Å²) in [6, 6.07) is 7.86. The van der Waals surface area contributed by atoms with Crippen LogP contribution in [0.15, 0.2) is 41.4 Å². The van der Waals surface area contributed by atoms with Gasteiger partial charge in [-0.1, -0.05) is 12.1 Å². The van der Waals surface area contributed by atoms with Crippen molar-refractivity contribution in [2.24, 2.45) is 16.5 Å². The molecule has 0 saturated heterocycles. The number of rotatable bonds is 8. The second kappa shape index (κ2) is 12.9. The summed E-state index contributed by atoms with van der Waals surface area (Å²) in [7, 11) is 0. The highest BCUT2D eigenvalue weighted by molar-refractivity contribution is 5.95. The first-order valence-corrected chi connectivity index (χ1v) is 11.7. The average molecular weight is 529 g/mol. The fourth-order valence-corrected chi connectivity index (χ4v) is 3.62. The molecule has 0 aromatic heterocycles. The lowest BCUT2D eigenvalue weighted by molar-refractivity contribution is -0.147. The van der Waals surface area contributed by atoms with Gasteiger partial charge in [-0.05, 0) is 43.0 Å². The summed E-state index contributed by atoms with van der Waals surface area (Å²) in [6.45, 7) is 0.572. The maximum atomic E-state index is 13.1. The first-order chi connectivity index (χ1) is 18.1. The van der Waals surface area contributed by atoms with Gasteiger partial charge in [0, 0.05) is 12.5 Å². The molecule has 0 fully saturated rings. The zero-order valence-corrected chi connectivity index (χ0v) is 20.3. The van der Waals surface area contributed by atoms with E-state index in [1.54, 1.807) is 18.2 Å². The smallest absolute Gasteiger partial charge is 0.347 e. The minimum atomic E-state index is -1.55. The van der Waals surface area contributed by atoms with Crippen LogP contribution in [-0.2, 0) is 20.8 Å². The van der Waals surface area contributed by atoms with Crippen molar-refractivity contribution >= 4 is 35.5 Å². The predicted octanol–water partition coefficient (Wildman–Crippen LogP) is 1.34. The van der Waals surface area contributed by atoms with E-state index in [9.17, 15) is 19.2 Å². The van der Waals surface area contributed by atoms with Crippen molar-refractivity contribution in [1.82, 2.24) is 5.32 Å². The Hall–Kier alpha value is -4.81. The molecule has 0 unspecified atom stereocenters. The quantitative estimate of drug-likeness (QED) is 0.143. The van der Waals surface area contributed by atoms with Crippen molar-refractivity contribution in [2.75, 3.05) is 13.2 Å². The maximum Gasteiger partial charge on any atom is 0.347 e. The van der Waals surface area contributed by atoms with Gasteiger partial charge in [0.25, 0.3) is 0 Å². The predicted molar refractivity (Wildman–Crippen MR) is 134 cm³/mol. The van der Waals surface area contributed by atoms with Gasteiger partial charge in [-0.3, -0.25) is 9.59 Å². The van der Waals surface area contributed by atoms with Gasteiger partial charge in [-0.25, -0.2) is 14.6 Å². The number of aliphatic imine (C=N–C) groups is 1. The third-order valence-corrected chi connectivity index (χ3v) is 5.38. The number of para-hydroxylation sites is 1. The van der Waals surface area contributed by atoms with E-state index in [1.807, 2.05) is 0 Å². The zero-order chi connectivity index (χ0) is 27.7. The number of nitrogens with two attached hydrogens (primary N) is 2. The number of esters is 1. The number of fused-ring (bicyclic) bond motifs is 2. The number of hydrogen-bond acceptors (Lipinski definition) is 8. The molecule has 7 N–H and O–H groups in total. The lowest BCUT2D eigenvalue weighted by atomic mass is 10.1. The summed E-state index contributed by atoms with van der Waals surface area (Å²) >= 11 is 0. The highest BCUT2D eigenvalue weighted by Crippen LogP contribution is 2.35. The first kappa shape index (κ1) is 27.8. The number of carbonyl (C=O) groups is 4. The van der Waals surface area contributed by atoms with Gasteiger partial charge >= 0.3 is 17.9 Å². The highest BCUT2D eigenvalue weighted by Gasteiger charge is 2.24. The van der Waals surface area contributed by atoms with Gasteiger partial charge in [0.2, 0.25) is 5.91 Å². The van der Waals surface area contributed by atoms with Crippen LogP contribution in [-0.4, -0.2) is 59.2 Å². The summed E-state index contributed by atoms with van der Waals surface area (Å²) in [5, 5.41) is 20.2. The number of nitrogens with zero attached hydrogens (tertiary/aromatic N) is 1. The molecule has 3 rings (SSSR count). The number of amides is 1. The van der Waals surface area contributed by atoms with Crippen LogP contribution in [0.3, 0.4) is 0 Å². The number of guanidine groups is 1. The Kier molecular flexibility index (Phi) is 9.46. The van der Waals surface area contributed by atoms with E-state index < -0.39 is 36.3 Å². The number of carboxylic acid groups (broad SMARTS) is 2. The monoisotopic (exact) mass is 528 g/mol. The molecule has 0 saturated carbocycles. The molecule has 13 heteroatoms. The van der Waals surface area contributed by atoms with Crippen LogP contribution in [0.2, 0.25) is 0 Å². The minimum Gasteiger partial charge on any atom is -0.493 e. The molecule has 2 aromatic carbocycles. The van der Waals surface area contributed by atoms with Gasteiger partial charge in [0.05, 0.1) is 25.3 Å². The molecule has 1 aliphatic rings. The molecule has 1 aliphatic heterocycles. The van der Waals surface area contributed by atoms with Crippen LogP contribution >= 0.6 is 0 Å². The minimum absolute atomic E-state index is 0.119. The highest BCUT2D eigenvalue weighted by atomic mass is 16.6. The second-order valence-electron chi connectivity index (χ2n) is 8.31. The Morgan fingerprint density at radius 1 is 1.03 bits per heavy atom. The molecule has 13 nitrogen and oxygen atoms in total. The summed E-state index contributed by atoms with van der Waals surface area (Å²) in [5.74, 6) is -3.66. The summed E-state index contributed by atoms with van der Waals surface area (Å²) in [5.41, 5.74) is 12.0. The summed E-state index contributed by atoms with van der Waals surface area (Å²) in [4.78, 5) is 51.5. The Bertz CT molecular complexity index is 1240. The number of hydrogen-bond donors (Lipinski definition) is 5. The molecule has 1 amide bonds. The number of ether oxygens (including phenoxy) is 3. The van der Waals surface area contributed by atoms with Gasteiger partial charge in [-0.15, -0.1) is 0 Å². The molecule has 0 spiro atoms. The number of aryl methyl sites for hydroxylation is 1. The van der Waals surface area contributed by atoms with Crippen molar-refractivity contribution in [2.45, 2.75) is 38.1 Å². The lowest BCUT2D eigenvalue weighted by Crippen LogP contribution is -2.42. The molecular weight excluding hydrogens is 500 g/mol. The van der Waals surface area contributed by atoms with Crippen LogP contribution in [0.5, 0.6) is 17.2 Å². The van der Waals surface area contributed by atoms with Gasteiger partial charge < -0.3 is 41.2 Å². The molecule has 1 atom stereocenters. The zero-order valence-electron chi connectivity index (χ0n) is 20.3. The fourth-order valence-electron chi connectivity index (χ4n) is 3.62. The Balaban J connectivity index is 1.82. The van der Waals surface area contributed by atoms with E-state index in [-0.39, 0.29) is 48.2 Å². The SMILES string of the molecule is NC(N)=Nc1ccc2c(c1)OCCCCOc1c(CCC(=O)N[C@@H](CC(=O)O)C(=O)O)cccc1OC2=O. The van der Waals surface area contributed by atoms with E-state index in [1.165, 1.54) is 18.2 Å². The van der Waals surface area contributed by atoms with Crippen LogP contribution < -0.4 is 31.0 Å². The molecule has 0 bridgehead atoms. The van der Waals surface area contributed by atoms with Crippen molar-refractivity contribution in [3.63, 3.8) is 0 Å². The third-order valence-electron chi connectivity index (χ3n) is 5.38. The molecule has 202 valence electrons. The molecule has 0 radical (unpaired) electrons. The Labute approximate surface area is 217 Å². The number of nitrogens with one attached hydrogen (secondary N) is 1.